The van der Waals surface area contributed by atoms with Crippen molar-refractivity contribution in [1.82, 2.24) is 0 Å². The minimum atomic E-state index is -3.73. The van der Waals surface area contributed by atoms with Crippen LogP contribution >= 0.6 is 0 Å². The quantitative estimate of drug-likeness (QED) is 0.294. The summed E-state index contributed by atoms with van der Waals surface area (Å²) in [5, 5.41) is 3.79. The second-order valence-corrected chi connectivity index (χ2v) is 11.0. The molecule has 12 heteroatoms. The summed E-state index contributed by atoms with van der Waals surface area (Å²) in [6.07, 6.45) is 1.09. The van der Waals surface area contributed by atoms with Gasteiger partial charge in [-0.1, -0.05) is 0 Å². The third kappa shape index (κ3) is 5.10. The number of benzene rings is 3. The van der Waals surface area contributed by atoms with Crippen LogP contribution in [0.15, 0.2) is 75.2 Å². The number of aliphatic imine (C=N–C) groups is 1. The molecule has 1 unspecified atom stereocenters. The van der Waals surface area contributed by atoms with Gasteiger partial charge in [-0.3, -0.25) is 14.1 Å². The molecule has 1 amide bonds. The molecule has 1 aliphatic heterocycles. The van der Waals surface area contributed by atoms with Gasteiger partial charge in [0.05, 0.1) is 42.3 Å². The van der Waals surface area contributed by atoms with Gasteiger partial charge in [-0.2, -0.15) is 5.11 Å². The lowest BCUT2D eigenvalue weighted by atomic mass is 10.00. The van der Waals surface area contributed by atoms with Crippen LogP contribution in [0.25, 0.3) is 22.3 Å². The Hall–Kier alpha value is -4.58. The highest BCUT2D eigenvalue weighted by Crippen LogP contribution is 2.41. The molecule has 39 heavy (non-hydrogen) atoms. The Morgan fingerprint density at radius 3 is 2.41 bits per heavy atom. The average Bonchev–Trinajstić information content (AvgIpc) is 3.19. The highest BCUT2D eigenvalue weighted by atomic mass is 32.2. The highest BCUT2D eigenvalue weighted by molar-refractivity contribution is 7.92. The molecule has 0 aliphatic carbocycles. The number of nitrogens with two attached hydrogens (primary N) is 1. The Morgan fingerprint density at radius 2 is 1.82 bits per heavy atom. The molecule has 1 atom stereocenters. The number of carbonyl (C=O) groups excluding carboxylic acids is 1. The molecule has 4 aromatic rings. The Labute approximate surface area is 223 Å². The maximum absolute atomic E-state index is 13.2. The van der Waals surface area contributed by atoms with E-state index in [9.17, 15) is 17.6 Å². The van der Waals surface area contributed by atoms with Crippen LogP contribution in [0.5, 0.6) is 11.5 Å². The number of nitrogens with zero attached hydrogens (tertiary/aromatic N) is 3. The molecule has 0 spiro atoms. The van der Waals surface area contributed by atoms with Gasteiger partial charge in [0.25, 0.3) is 5.91 Å². The number of hydrogen-bond donors (Lipinski definition) is 2. The van der Waals surface area contributed by atoms with Crippen LogP contribution in [-0.2, 0) is 10.0 Å². The minimum absolute atomic E-state index is 0.0297. The van der Waals surface area contributed by atoms with E-state index in [1.165, 1.54) is 28.6 Å². The number of hydrogen-bond acceptors (Lipinski definition) is 8. The van der Waals surface area contributed by atoms with Gasteiger partial charge in [0.1, 0.15) is 28.7 Å². The molecule has 10 nitrogen and oxygen atoms in total. The monoisotopic (exact) mass is 549 g/mol. The predicted octanol–water partition coefficient (Wildman–Crippen LogP) is 5.44. The maximum Gasteiger partial charge on any atom is 0.253 e. The van der Waals surface area contributed by atoms with Crippen LogP contribution in [0.4, 0.5) is 10.1 Å². The molecule has 0 radical (unpaired) electrons. The van der Waals surface area contributed by atoms with Crippen molar-refractivity contribution in [2.45, 2.75) is 13.0 Å². The van der Waals surface area contributed by atoms with E-state index in [2.05, 4.69) is 10.1 Å². The summed E-state index contributed by atoms with van der Waals surface area (Å²) in [7, 11) is -3.73. The zero-order chi connectivity index (χ0) is 27.9. The van der Waals surface area contributed by atoms with Crippen molar-refractivity contribution in [3.8, 4) is 22.8 Å². The number of sulfonamides is 1. The summed E-state index contributed by atoms with van der Waals surface area (Å²) in [6.45, 7) is 1.71. The van der Waals surface area contributed by atoms with Crippen LogP contribution in [0.1, 0.15) is 28.9 Å². The molecular weight excluding hydrogens is 525 g/mol. The summed E-state index contributed by atoms with van der Waals surface area (Å²) in [4.78, 5) is 17.2. The minimum Gasteiger partial charge on any atom is -0.457 e. The molecule has 3 N–H and O–H groups in total. The SMILES string of the molecule is CC1N=C(CN=N)CN(S(C)(=O)=O)c2cc3oc(-c4ccc(Oc5ccc(F)cc5)cc4)c(C(N)=O)c3cc21. The molecule has 0 fully saturated rings. The highest BCUT2D eigenvalue weighted by Gasteiger charge is 2.30. The van der Waals surface area contributed by atoms with Crippen LogP contribution in [0.3, 0.4) is 0 Å². The number of furan rings is 1. The fraction of sp³-hybridized carbons (Fsp3) is 0.185. The van der Waals surface area contributed by atoms with Crippen molar-refractivity contribution in [2.75, 3.05) is 23.7 Å². The lowest BCUT2D eigenvalue weighted by Crippen LogP contribution is -2.35. The van der Waals surface area contributed by atoms with Crippen molar-refractivity contribution in [3.63, 3.8) is 0 Å². The van der Waals surface area contributed by atoms with E-state index in [0.717, 1.165) is 6.26 Å². The number of primary amides is 1. The second-order valence-electron chi connectivity index (χ2n) is 9.12. The fourth-order valence-corrected chi connectivity index (χ4v) is 5.47. The Kier molecular flexibility index (Phi) is 6.64. The van der Waals surface area contributed by atoms with Crippen LogP contribution < -0.4 is 14.8 Å². The fourth-order valence-electron chi connectivity index (χ4n) is 4.57. The van der Waals surface area contributed by atoms with Crippen molar-refractivity contribution in [1.29, 1.82) is 5.53 Å². The predicted molar refractivity (Wildman–Crippen MR) is 145 cm³/mol. The Morgan fingerprint density at radius 1 is 1.18 bits per heavy atom. The van der Waals surface area contributed by atoms with Crippen molar-refractivity contribution < 1.29 is 26.8 Å². The first-order valence-corrected chi connectivity index (χ1v) is 13.7. The normalized spacial score (nSPS) is 15.4. The molecule has 0 saturated carbocycles. The second kappa shape index (κ2) is 9.95. The number of nitrogens with one attached hydrogen (secondary N) is 1. The van der Waals surface area contributed by atoms with Gasteiger partial charge >= 0.3 is 0 Å². The smallest absolute Gasteiger partial charge is 0.253 e. The molecular formula is C27H24FN5O5S. The lowest BCUT2D eigenvalue weighted by Gasteiger charge is -2.23. The number of ether oxygens (including phenoxy) is 1. The number of halogens is 1. The van der Waals surface area contributed by atoms with E-state index in [1.54, 1.807) is 43.3 Å². The Balaban J connectivity index is 1.61. The van der Waals surface area contributed by atoms with Crippen LogP contribution in [-0.4, -0.2) is 39.4 Å². The zero-order valence-electron chi connectivity index (χ0n) is 21.0. The molecule has 1 aromatic heterocycles. The molecule has 2 heterocycles. The number of rotatable bonds is 7. The van der Waals surface area contributed by atoms with E-state index in [1.807, 2.05) is 0 Å². The topological polar surface area (TPSA) is 151 Å². The first kappa shape index (κ1) is 26.0. The standard InChI is InChI=1S/C27H24FN5O5S/c1-15-21-11-22-24(12-23(21)33(39(2,35)36)14-18(32-15)13-31-30)38-26(25(22)27(29)34)16-3-7-19(8-4-16)37-20-9-5-17(28)6-10-20/h3-12,15,30H,13-14H2,1-2H3,(H2,29,34). The summed E-state index contributed by atoms with van der Waals surface area (Å²) in [5.74, 6) is 0.0811. The van der Waals surface area contributed by atoms with Crippen LogP contribution in [0.2, 0.25) is 0 Å². The van der Waals surface area contributed by atoms with E-state index < -0.39 is 22.0 Å². The van der Waals surface area contributed by atoms with Gasteiger partial charge in [-0.25, -0.2) is 18.3 Å². The number of amides is 1. The van der Waals surface area contributed by atoms with Crippen molar-refractivity contribution >= 4 is 38.3 Å². The van der Waals surface area contributed by atoms with Gasteiger partial charge in [0.15, 0.2) is 0 Å². The van der Waals surface area contributed by atoms with Crippen molar-refractivity contribution in [3.05, 3.63) is 77.6 Å². The van der Waals surface area contributed by atoms with E-state index in [-0.39, 0.29) is 35.8 Å². The number of anilines is 1. The zero-order valence-corrected chi connectivity index (χ0v) is 21.8. The number of carbonyl (C=O) groups is 1. The largest absolute Gasteiger partial charge is 0.457 e. The van der Waals surface area contributed by atoms with Gasteiger partial charge in [0, 0.05) is 22.6 Å². The first-order chi connectivity index (χ1) is 18.5. The summed E-state index contributed by atoms with van der Waals surface area (Å²) in [5.41, 5.74) is 15.3. The third-order valence-electron chi connectivity index (χ3n) is 6.33. The molecule has 200 valence electrons. The van der Waals surface area contributed by atoms with E-state index >= 15 is 0 Å². The van der Waals surface area contributed by atoms with Crippen LogP contribution in [0, 0.1) is 11.3 Å². The van der Waals surface area contributed by atoms with Gasteiger partial charge in [-0.05, 0) is 61.5 Å². The molecule has 0 saturated heterocycles. The summed E-state index contributed by atoms with van der Waals surface area (Å²) < 4.78 is 51.7. The van der Waals surface area contributed by atoms with Gasteiger partial charge in [-0.15, -0.1) is 0 Å². The Bertz CT molecular complexity index is 1730. The summed E-state index contributed by atoms with van der Waals surface area (Å²) in [6, 6.07) is 15.1. The lowest BCUT2D eigenvalue weighted by molar-refractivity contribution is 0.100. The molecule has 3 aromatic carbocycles. The van der Waals surface area contributed by atoms with Crippen molar-refractivity contribution in [2.24, 2.45) is 15.8 Å². The molecule has 5 rings (SSSR count). The molecule has 0 bridgehead atoms. The third-order valence-corrected chi connectivity index (χ3v) is 7.46. The van der Waals surface area contributed by atoms with E-state index in [0.29, 0.717) is 39.4 Å². The molecule has 1 aliphatic rings. The van der Waals surface area contributed by atoms with Gasteiger partial charge in [0.2, 0.25) is 10.0 Å². The van der Waals surface area contributed by atoms with Gasteiger partial charge < -0.3 is 14.9 Å². The summed E-state index contributed by atoms with van der Waals surface area (Å²) >= 11 is 0. The number of fused-ring (bicyclic) bond motifs is 2. The first-order valence-electron chi connectivity index (χ1n) is 11.9. The van der Waals surface area contributed by atoms with E-state index in [4.69, 9.17) is 20.4 Å². The average molecular weight is 550 g/mol. The maximum atomic E-state index is 13.2.